The molecule has 4 rings (SSSR count). The number of nitrogens with two attached hydrogens (primary N) is 1. The fourth-order valence-electron chi connectivity index (χ4n) is 2.56. The molecule has 10 nitrogen and oxygen atoms in total. The van der Waals surface area contributed by atoms with Crippen LogP contribution in [0.3, 0.4) is 0 Å². The van der Waals surface area contributed by atoms with E-state index in [2.05, 4.69) is 9.57 Å². The molecule has 2 saturated heterocycles. The van der Waals surface area contributed by atoms with Crippen molar-refractivity contribution in [1.82, 2.24) is 5.06 Å². The van der Waals surface area contributed by atoms with Gasteiger partial charge in [-0.3, -0.25) is 14.4 Å². The summed E-state index contributed by atoms with van der Waals surface area (Å²) in [4.78, 5) is 54.9. The molecule has 2 amide bonds. The highest BCUT2D eigenvalue weighted by Gasteiger charge is 2.41. The molecule has 3 aliphatic rings. The predicted molar refractivity (Wildman–Crippen MR) is 89.3 cm³/mol. The predicted octanol–water partition coefficient (Wildman–Crippen LogP) is 0.144. The maximum absolute atomic E-state index is 11.9. The van der Waals surface area contributed by atoms with Crippen LogP contribution in [0.2, 0.25) is 0 Å². The number of carbonyl (C=O) groups excluding carboxylic acids is 4. The van der Waals surface area contributed by atoms with E-state index in [1.54, 1.807) is 24.3 Å². The number of hydrogen-bond donors (Lipinski definition) is 1. The van der Waals surface area contributed by atoms with Crippen molar-refractivity contribution in [1.29, 1.82) is 0 Å². The Hall–Kier alpha value is -2.53. The molecule has 0 radical (unpaired) electrons. The van der Waals surface area contributed by atoms with Gasteiger partial charge in [-0.15, -0.1) is 17.5 Å². The van der Waals surface area contributed by atoms with Crippen molar-refractivity contribution in [3.05, 3.63) is 35.4 Å². The van der Waals surface area contributed by atoms with Crippen molar-refractivity contribution in [2.45, 2.75) is 25.0 Å². The van der Waals surface area contributed by atoms with E-state index in [-0.39, 0.29) is 36.1 Å². The summed E-state index contributed by atoms with van der Waals surface area (Å²) in [5.41, 5.74) is 0.572. The number of ether oxygens (including phenoxy) is 2. The van der Waals surface area contributed by atoms with Crippen LogP contribution in [0, 0.1) is 0 Å². The number of cyclic esters (lactones) is 2. The molecule has 1 aromatic rings. The van der Waals surface area contributed by atoms with Gasteiger partial charge in [-0.1, -0.05) is 12.1 Å². The number of fused-ring (bicyclic) bond motifs is 1. The van der Waals surface area contributed by atoms with Crippen molar-refractivity contribution in [3.8, 4) is 0 Å². The van der Waals surface area contributed by atoms with Gasteiger partial charge in [0, 0.05) is 12.8 Å². The third-order valence-electron chi connectivity index (χ3n) is 3.93. The first-order valence-corrected chi connectivity index (χ1v) is 7.86. The lowest BCUT2D eigenvalue weighted by Gasteiger charge is -2.15. The van der Waals surface area contributed by atoms with Gasteiger partial charge in [-0.25, -0.2) is 20.3 Å². The smallest absolute Gasteiger partial charge is 0.338 e. The number of hydroxylamine groups is 2. The summed E-state index contributed by atoms with van der Waals surface area (Å²) in [6, 6.07) is 6.42. The van der Waals surface area contributed by atoms with E-state index in [1.165, 1.54) is 0 Å². The molecule has 2 fully saturated rings. The van der Waals surface area contributed by atoms with E-state index in [9.17, 15) is 19.2 Å². The Kier molecular flexibility index (Phi) is 6.86. The van der Waals surface area contributed by atoms with Gasteiger partial charge in [-0.05, 0) is 12.1 Å². The molecule has 2 unspecified atom stereocenters. The third-order valence-corrected chi connectivity index (χ3v) is 3.93. The summed E-state index contributed by atoms with van der Waals surface area (Å²) in [6.45, 7) is 0.674. The molecule has 27 heavy (non-hydrogen) atoms. The summed E-state index contributed by atoms with van der Waals surface area (Å²) in [7, 11) is 0. The SMILES string of the molecule is Cl.NOC1CCOC1=O.O=C1OCCC1ON1C(=O)c2ccccc2C1=O. The fourth-order valence-corrected chi connectivity index (χ4v) is 2.56. The molecular formula is C16H17ClN2O8. The minimum atomic E-state index is -0.882. The maximum atomic E-state index is 11.9. The highest BCUT2D eigenvalue weighted by Crippen LogP contribution is 2.25. The van der Waals surface area contributed by atoms with Gasteiger partial charge >= 0.3 is 11.9 Å². The van der Waals surface area contributed by atoms with E-state index in [1.807, 2.05) is 0 Å². The van der Waals surface area contributed by atoms with E-state index in [0.29, 0.717) is 24.5 Å². The largest absolute Gasteiger partial charge is 0.464 e. The monoisotopic (exact) mass is 400 g/mol. The van der Waals surface area contributed by atoms with Gasteiger partial charge < -0.3 is 9.47 Å². The van der Waals surface area contributed by atoms with Crippen LogP contribution < -0.4 is 5.90 Å². The molecule has 1 aromatic carbocycles. The van der Waals surface area contributed by atoms with Gasteiger partial charge in [0.2, 0.25) is 0 Å². The zero-order valence-electron chi connectivity index (χ0n) is 14.0. The van der Waals surface area contributed by atoms with Gasteiger partial charge in [-0.2, -0.15) is 0 Å². The van der Waals surface area contributed by atoms with Crippen LogP contribution in [0.4, 0.5) is 0 Å². The molecule has 3 aliphatic heterocycles. The number of benzene rings is 1. The molecular weight excluding hydrogens is 384 g/mol. The number of halogens is 1. The lowest BCUT2D eigenvalue weighted by molar-refractivity contribution is -0.166. The number of hydrogen-bond acceptors (Lipinski definition) is 9. The summed E-state index contributed by atoms with van der Waals surface area (Å²) in [6.07, 6.45) is -0.483. The zero-order valence-corrected chi connectivity index (χ0v) is 14.8. The summed E-state index contributed by atoms with van der Waals surface area (Å²) < 4.78 is 9.22. The molecule has 0 aromatic heterocycles. The average Bonchev–Trinajstić information content (AvgIpc) is 3.32. The molecule has 11 heteroatoms. The van der Waals surface area contributed by atoms with E-state index >= 15 is 0 Å². The third kappa shape index (κ3) is 4.25. The zero-order chi connectivity index (χ0) is 18.7. The summed E-state index contributed by atoms with van der Waals surface area (Å²) >= 11 is 0. The standard InChI is InChI=1S/C12H9NO5.C4H7NO3.ClH/c14-10-7-3-1-2-4-8(7)11(15)13(10)18-9-5-6-17-12(9)16;5-8-3-1-2-7-4(3)6;/h1-4,9H,5-6H2;3H,1-2,5H2;1H. The number of imide groups is 1. The van der Waals surface area contributed by atoms with Crippen LogP contribution >= 0.6 is 12.4 Å². The number of nitrogens with zero attached hydrogens (tertiary/aromatic N) is 1. The molecule has 3 heterocycles. The van der Waals surface area contributed by atoms with Crippen LogP contribution in [-0.4, -0.2) is 54.2 Å². The normalized spacial score (nSPS) is 23.2. The first-order valence-electron chi connectivity index (χ1n) is 7.86. The second kappa shape index (κ2) is 8.91. The van der Waals surface area contributed by atoms with Crippen molar-refractivity contribution in [2.75, 3.05) is 13.2 Å². The number of rotatable bonds is 3. The Morgan fingerprint density at radius 3 is 1.74 bits per heavy atom. The van der Waals surface area contributed by atoms with Crippen LogP contribution in [0.25, 0.3) is 0 Å². The quantitative estimate of drug-likeness (QED) is 0.427. The van der Waals surface area contributed by atoms with Crippen LogP contribution in [0.5, 0.6) is 0 Å². The Balaban J connectivity index is 0.000000247. The second-order valence-corrected chi connectivity index (χ2v) is 5.58. The highest BCUT2D eigenvalue weighted by molar-refractivity contribution is 6.20. The number of esters is 2. The maximum Gasteiger partial charge on any atom is 0.338 e. The highest BCUT2D eigenvalue weighted by atomic mass is 35.5. The van der Waals surface area contributed by atoms with Crippen LogP contribution in [-0.2, 0) is 28.7 Å². The molecule has 0 aliphatic carbocycles. The van der Waals surface area contributed by atoms with Gasteiger partial charge in [0.1, 0.15) is 0 Å². The minimum Gasteiger partial charge on any atom is -0.464 e. The first kappa shape index (κ1) is 20.8. The van der Waals surface area contributed by atoms with Crippen molar-refractivity contribution < 1.29 is 38.3 Å². The van der Waals surface area contributed by atoms with Crippen LogP contribution in [0.1, 0.15) is 33.6 Å². The Morgan fingerprint density at radius 2 is 1.37 bits per heavy atom. The summed E-state index contributed by atoms with van der Waals surface area (Å²) in [5, 5.41) is 0.641. The molecule has 146 valence electrons. The lowest BCUT2D eigenvalue weighted by Crippen LogP contribution is -2.36. The molecule has 2 N–H and O–H groups in total. The molecule has 0 bridgehead atoms. The fraction of sp³-hybridized carbons (Fsp3) is 0.375. The van der Waals surface area contributed by atoms with E-state index in [0.717, 1.165) is 0 Å². The topological polar surface area (TPSA) is 134 Å². The van der Waals surface area contributed by atoms with Gasteiger partial charge in [0.15, 0.2) is 12.2 Å². The Bertz CT molecular complexity index is 721. The van der Waals surface area contributed by atoms with Gasteiger partial charge in [0.25, 0.3) is 11.8 Å². The molecule has 2 atom stereocenters. The molecule has 0 saturated carbocycles. The Morgan fingerprint density at radius 1 is 0.889 bits per heavy atom. The molecule has 0 spiro atoms. The Labute approximate surface area is 159 Å². The number of amides is 2. The summed E-state index contributed by atoms with van der Waals surface area (Å²) in [5.74, 6) is 2.73. The van der Waals surface area contributed by atoms with E-state index < -0.39 is 30.0 Å². The van der Waals surface area contributed by atoms with Crippen molar-refractivity contribution in [2.24, 2.45) is 5.90 Å². The minimum absolute atomic E-state index is 0. The first-order chi connectivity index (χ1) is 12.5. The van der Waals surface area contributed by atoms with Crippen molar-refractivity contribution >= 4 is 36.2 Å². The second-order valence-electron chi connectivity index (χ2n) is 5.58. The number of carbonyl (C=O) groups is 4. The lowest BCUT2D eigenvalue weighted by atomic mass is 10.1. The van der Waals surface area contributed by atoms with Gasteiger partial charge in [0.05, 0.1) is 24.3 Å². The van der Waals surface area contributed by atoms with E-state index in [4.69, 9.17) is 15.5 Å². The van der Waals surface area contributed by atoms with Crippen LogP contribution in [0.15, 0.2) is 24.3 Å². The average molecular weight is 401 g/mol. The van der Waals surface area contributed by atoms with Crippen molar-refractivity contribution in [3.63, 3.8) is 0 Å².